The van der Waals surface area contributed by atoms with Crippen LogP contribution in [0.1, 0.15) is 63.9 Å². The molecule has 0 unspecified atom stereocenters. The summed E-state index contributed by atoms with van der Waals surface area (Å²) in [5, 5.41) is 8.64. The van der Waals surface area contributed by atoms with Crippen LogP contribution in [0.3, 0.4) is 0 Å². The van der Waals surface area contributed by atoms with Gasteiger partial charge in [0, 0.05) is 0 Å². The Morgan fingerprint density at radius 3 is 2.05 bits per heavy atom. The molecule has 106 valence electrons. The van der Waals surface area contributed by atoms with Gasteiger partial charge in [0.2, 0.25) is 0 Å². The maximum Gasteiger partial charge on any atom is 0.504 e. The van der Waals surface area contributed by atoms with Crippen molar-refractivity contribution in [2.24, 2.45) is 0 Å². The zero-order valence-electron chi connectivity index (χ0n) is 12.2. The van der Waals surface area contributed by atoms with Crippen LogP contribution >= 0.6 is 0 Å². The molecule has 0 aromatic heterocycles. The van der Waals surface area contributed by atoms with Crippen molar-refractivity contribution in [3.63, 3.8) is 0 Å². The second kappa shape index (κ2) is 10.9. The summed E-state index contributed by atoms with van der Waals surface area (Å²) in [5.41, 5.74) is 1.36. The Kier molecular flexibility index (Phi) is 9.25. The highest BCUT2D eigenvalue weighted by Crippen LogP contribution is 2.15. The highest BCUT2D eigenvalue weighted by atomic mass is 16.5. The first-order chi connectivity index (χ1) is 9.36. The molecule has 1 aromatic rings. The largest absolute Gasteiger partial charge is 0.539 e. The van der Waals surface area contributed by atoms with E-state index in [4.69, 9.17) is 9.68 Å². The number of hydrogen-bond donors (Lipinski definition) is 1. The predicted octanol–water partition coefficient (Wildman–Crippen LogP) is 4.01. The first-order valence-electron chi connectivity index (χ1n) is 7.69. The molecule has 1 rings (SSSR count). The van der Waals surface area contributed by atoms with E-state index in [-0.39, 0.29) is 7.69 Å². The Balaban J connectivity index is 2.02. The standard InChI is InChI=1S/C16H27BO2/c1-2-3-4-5-6-7-8-9-10-15-11-13-16(14-12-15)19-17-18/h11-14,17-18H,2-10H2,1H3. The normalized spacial score (nSPS) is 10.4. The van der Waals surface area contributed by atoms with Crippen LogP contribution in [-0.4, -0.2) is 12.7 Å². The molecule has 0 aliphatic carbocycles. The van der Waals surface area contributed by atoms with Crippen molar-refractivity contribution in [1.29, 1.82) is 0 Å². The van der Waals surface area contributed by atoms with Gasteiger partial charge in [-0.25, -0.2) is 0 Å². The molecule has 1 aromatic carbocycles. The molecule has 0 atom stereocenters. The lowest BCUT2D eigenvalue weighted by Gasteiger charge is -2.05. The van der Waals surface area contributed by atoms with E-state index in [0.29, 0.717) is 0 Å². The van der Waals surface area contributed by atoms with E-state index in [9.17, 15) is 0 Å². The Morgan fingerprint density at radius 1 is 0.895 bits per heavy atom. The molecule has 0 heterocycles. The molecule has 0 saturated carbocycles. The molecular formula is C16H27BO2. The van der Waals surface area contributed by atoms with Crippen molar-refractivity contribution in [3.05, 3.63) is 29.8 Å². The van der Waals surface area contributed by atoms with E-state index < -0.39 is 0 Å². The minimum atomic E-state index is -0.253. The quantitative estimate of drug-likeness (QED) is 0.482. The SMILES string of the molecule is CCCCCCCCCCc1ccc(OBO)cc1. The fourth-order valence-corrected chi connectivity index (χ4v) is 2.29. The average Bonchev–Trinajstić information content (AvgIpc) is 2.44. The monoisotopic (exact) mass is 262 g/mol. The van der Waals surface area contributed by atoms with Crippen molar-refractivity contribution in [2.45, 2.75) is 64.7 Å². The second-order valence-corrected chi connectivity index (χ2v) is 5.14. The minimum Gasteiger partial charge on any atom is -0.539 e. The molecule has 19 heavy (non-hydrogen) atoms. The van der Waals surface area contributed by atoms with E-state index in [2.05, 4.69) is 19.1 Å². The lowest BCUT2D eigenvalue weighted by molar-refractivity contribution is 0.453. The van der Waals surface area contributed by atoms with Crippen LogP contribution in [0.4, 0.5) is 0 Å². The van der Waals surface area contributed by atoms with Crippen LogP contribution in [0, 0.1) is 0 Å². The second-order valence-electron chi connectivity index (χ2n) is 5.14. The number of unbranched alkanes of at least 4 members (excludes halogenated alkanes) is 7. The van der Waals surface area contributed by atoms with Gasteiger partial charge < -0.3 is 9.68 Å². The summed E-state index contributed by atoms with van der Waals surface area (Å²) in [6.07, 6.45) is 12.0. The Morgan fingerprint density at radius 2 is 1.47 bits per heavy atom. The smallest absolute Gasteiger partial charge is 0.504 e. The highest BCUT2D eigenvalue weighted by molar-refractivity contribution is 6.17. The zero-order valence-corrected chi connectivity index (χ0v) is 12.2. The van der Waals surface area contributed by atoms with Gasteiger partial charge in [-0.1, -0.05) is 64.0 Å². The van der Waals surface area contributed by atoms with Crippen molar-refractivity contribution in [1.82, 2.24) is 0 Å². The maximum atomic E-state index is 8.64. The molecule has 2 nitrogen and oxygen atoms in total. The van der Waals surface area contributed by atoms with Gasteiger partial charge >= 0.3 is 7.69 Å². The van der Waals surface area contributed by atoms with Gasteiger partial charge in [0.1, 0.15) is 5.75 Å². The van der Waals surface area contributed by atoms with Crippen molar-refractivity contribution >= 4 is 7.69 Å². The average molecular weight is 262 g/mol. The van der Waals surface area contributed by atoms with E-state index in [1.807, 2.05) is 12.1 Å². The third-order valence-electron chi connectivity index (χ3n) is 3.47. The molecule has 0 fully saturated rings. The number of benzene rings is 1. The van der Waals surface area contributed by atoms with Gasteiger partial charge in [0.05, 0.1) is 0 Å². The van der Waals surface area contributed by atoms with E-state index >= 15 is 0 Å². The molecule has 0 spiro atoms. The third-order valence-corrected chi connectivity index (χ3v) is 3.47. The van der Waals surface area contributed by atoms with Gasteiger partial charge in [-0.3, -0.25) is 0 Å². The maximum absolute atomic E-state index is 8.64. The fraction of sp³-hybridized carbons (Fsp3) is 0.625. The molecule has 1 N–H and O–H groups in total. The van der Waals surface area contributed by atoms with Gasteiger partial charge in [-0.05, 0) is 30.5 Å². The van der Waals surface area contributed by atoms with Crippen LogP contribution in [0.2, 0.25) is 0 Å². The molecular weight excluding hydrogens is 235 g/mol. The first-order valence-corrected chi connectivity index (χ1v) is 7.69. The van der Waals surface area contributed by atoms with Gasteiger partial charge in [0.15, 0.2) is 0 Å². The highest BCUT2D eigenvalue weighted by Gasteiger charge is 1.97. The summed E-state index contributed by atoms with van der Waals surface area (Å²) < 4.78 is 5.01. The third kappa shape index (κ3) is 7.94. The van der Waals surface area contributed by atoms with Crippen LogP contribution in [0.25, 0.3) is 0 Å². The van der Waals surface area contributed by atoms with Crippen molar-refractivity contribution in [2.75, 3.05) is 0 Å². The lowest BCUT2D eigenvalue weighted by Crippen LogP contribution is -1.99. The predicted molar refractivity (Wildman–Crippen MR) is 82.8 cm³/mol. The van der Waals surface area contributed by atoms with Gasteiger partial charge in [-0.2, -0.15) is 0 Å². The van der Waals surface area contributed by atoms with Crippen LogP contribution in [-0.2, 0) is 6.42 Å². The summed E-state index contributed by atoms with van der Waals surface area (Å²) >= 11 is 0. The first kappa shape index (κ1) is 16.1. The summed E-state index contributed by atoms with van der Waals surface area (Å²) in [6, 6.07) is 8.03. The van der Waals surface area contributed by atoms with Crippen molar-refractivity contribution in [3.8, 4) is 5.75 Å². The molecule has 0 aliphatic heterocycles. The molecule has 0 aliphatic rings. The summed E-state index contributed by atoms with van der Waals surface area (Å²) in [4.78, 5) is 0. The van der Waals surface area contributed by atoms with Gasteiger partial charge in [0.25, 0.3) is 0 Å². The van der Waals surface area contributed by atoms with Crippen LogP contribution < -0.4 is 4.65 Å². The number of aryl methyl sites for hydroxylation is 1. The molecule has 0 radical (unpaired) electrons. The van der Waals surface area contributed by atoms with Crippen molar-refractivity contribution < 1.29 is 9.68 Å². The summed E-state index contributed by atoms with van der Waals surface area (Å²) in [7, 11) is -0.253. The lowest BCUT2D eigenvalue weighted by atomic mass is 10.0. The van der Waals surface area contributed by atoms with Crippen LogP contribution in [0.5, 0.6) is 5.75 Å². The Hall–Kier alpha value is -0.955. The molecule has 3 heteroatoms. The fourth-order valence-electron chi connectivity index (χ4n) is 2.29. The molecule has 0 bridgehead atoms. The number of rotatable bonds is 11. The molecule has 0 amide bonds. The van der Waals surface area contributed by atoms with E-state index in [1.165, 1.54) is 56.9 Å². The van der Waals surface area contributed by atoms with Gasteiger partial charge in [-0.15, -0.1) is 0 Å². The number of hydrogen-bond acceptors (Lipinski definition) is 2. The summed E-state index contributed by atoms with van der Waals surface area (Å²) in [5.74, 6) is 0.738. The van der Waals surface area contributed by atoms with E-state index in [1.54, 1.807) is 0 Å². The topological polar surface area (TPSA) is 29.5 Å². The Bertz CT molecular complexity index is 311. The molecule has 0 saturated heterocycles. The van der Waals surface area contributed by atoms with Crippen LogP contribution in [0.15, 0.2) is 24.3 Å². The summed E-state index contributed by atoms with van der Waals surface area (Å²) in [6.45, 7) is 2.26. The zero-order chi connectivity index (χ0) is 13.8. The minimum absolute atomic E-state index is 0.253. The van der Waals surface area contributed by atoms with E-state index in [0.717, 1.165) is 12.2 Å². The Labute approximate surface area is 118 Å².